The topological polar surface area (TPSA) is 87.3 Å². The maximum Gasteiger partial charge on any atom is 0.184 e. The van der Waals surface area contributed by atoms with E-state index >= 15 is 0 Å². The average Bonchev–Trinajstić information content (AvgIpc) is 3.29. The van der Waals surface area contributed by atoms with Crippen LogP contribution in [0.3, 0.4) is 0 Å². The largest absolute Gasteiger partial charge is 0.352 e. The fourth-order valence-corrected chi connectivity index (χ4v) is 3.67. The van der Waals surface area contributed by atoms with Crippen molar-refractivity contribution < 1.29 is 4.79 Å². The standard InChI is InChI=1S/C23H19N5O/c1-13-4-3-5-17(25-13)11-22(29)21-10-16-9-18-20(12-19(16)26-21)27-28-23(18)15-6-7-24-14(2)8-15/h3-10,12,26H,11H2,1-2H3,(H,27,28). The molecule has 142 valence electrons. The number of nitrogens with zero attached hydrogens (tertiary/aromatic N) is 3. The highest BCUT2D eigenvalue weighted by Crippen LogP contribution is 2.30. The third-order valence-corrected chi connectivity index (χ3v) is 5.06. The Kier molecular flexibility index (Phi) is 3.98. The van der Waals surface area contributed by atoms with Crippen molar-refractivity contribution in [2.45, 2.75) is 20.3 Å². The molecule has 0 amide bonds. The minimum atomic E-state index is 0.0195. The second kappa shape index (κ2) is 6.67. The number of hydrogen-bond donors (Lipinski definition) is 2. The van der Waals surface area contributed by atoms with Gasteiger partial charge < -0.3 is 4.98 Å². The van der Waals surface area contributed by atoms with Crippen molar-refractivity contribution >= 4 is 27.6 Å². The van der Waals surface area contributed by atoms with Gasteiger partial charge in [0, 0.05) is 45.1 Å². The molecule has 6 nitrogen and oxygen atoms in total. The number of ketones is 1. The first-order valence-electron chi connectivity index (χ1n) is 9.46. The fourth-order valence-electron chi connectivity index (χ4n) is 3.67. The Balaban J connectivity index is 1.53. The molecule has 1 aromatic carbocycles. The van der Waals surface area contributed by atoms with E-state index in [1.54, 1.807) is 6.20 Å². The van der Waals surface area contributed by atoms with Crippen LogP contribution in [0, 0.1) is 13.8 Å². The monoisotopic (exact) mass is 381 g/mol. The first kappa shape index (κ1) is 17.3. The molecule has 0 fully saturated rings. The van der Waals surface area contributed by atoms with Crippen LogP contribution in [0.25, 0.3) is 33.1 Å². The smallest absolute Gasteiger partial charge is 0.184 e. The SMILES string of the molecule is Cc1cc(-c2n[nH]c3cc4[nH]c(C(=O)Cc5cccc(C)n5)cc4cc23)ccn1. The summed E-state index contributed by atoms with van der Waals surface area (Å²) in [4.78, 5) is 24.7. The fraction of sp³-hybridized carbons (Fsp3) is 0.130. The van der Waals surface area contributed by atoms with Crippen LogP contribution in [0.2, 0.25) is 0 Å². The zero-order chi connectivity index (χ0) is 20.0. The van der Waals surface area contributed by atoms with Crippen LogP contribution in [-0.4, -0.2) is 30.9 Å². The van der Waals surface area contributed by atoms with Crippen molar-refractivity contribution in [2.75, 3.05) is 0 Å². The Morgan fingerprint density at radius 1 is 1.00 bits per heavy atom. The van der Waals surface area contributed by atoms with E-state index in [1.807, 2.05) is 56.3 Å². The van der Waals surface area contributed by atoms with Crippen LogP contribution in [0.4, 0.5) is 0 Å². The number of nitrogens with one attached hydrogen (secondary N) is 2. The molecule has 0 aliphatic carbocycles. The van der Waals surface area contributed by atoms with E-state index < -0.39 is 0 Å². The number of aromatic nitrogens is 5. The van der Waals surface area contributed by atoms with Gasteiger partial charge in [0.05, 0.1) is 17.6 Å². The molecule has 0 atom stereocenters. The molecule has 0 saturated carbocycles. The highest BCUT2D eigenvalue weighted by atomic mass is 16.1. The summed E-state index contributed by atoms with van der Waals surface area (Å²) in [5.41, 5.74) is 6.94. The molecule has 2 N–H and O–H groups in total. The van der Waals surface area contributed by atoms with Gasteiger partial charge in [0.15, 0.2) is 5.78 Å². The van der Waals surface area contributed by atoms with Gasteiger partial charge in [-0.05, 0) is 56.3 Å². The molecule has 0 spiro atoms. The quantitative estimate of drug-likeness (QED) is 0.447. The van der Waals surface area contributed by atoms with E-state index in [9.17, 15) is 4.79 Å². The summed E-state index contributed by atoms with van der Waals surface area (Å²) < 4.78 is 0. The van der Waals surface area contributed by atoms with Gasteiger partial charge in [-0.2, -0.15) is 5.10 Å². The van der Waals surface area contributed by atoms with Gasteiger partial charge in [0.25, 0.3) is 0 Å². The first-order chi connectivity index (χ1) is 14.1. The van der Waals surface area contributed by atoms with E-state index in [0.717, 1.165) is 50.1 Å². The predicted molar refractivity (Wildman–Crippen MR) is 113 cm³/mol. The molecule has 4 heterocycles. The molecule has 0 aliphatic heterocycles. The first-order valence-corrected chi connectivity index (χ1v) is 9.46. The van der Waals surface area contributed by atoms with Gasteiger partial charge in [-0.1, -0.05) is 6.07 Å². The summed E-state index contributed by atoms with van der Waals surface area (Å²) in [6.45, 7) is 3.89. The number of Topliss-reactive ketones (excluding diaryl/α,β-unsaturated/α-hetero) is 1. The Morgan fingerprint density at radius 2 is 1.90 bits per heavy atom. The minimum Gasteiger partial charge on any atom is -0.352 e. The lowest BCUT2D eigenvalue weighted by Gasteiger charge is -2.00. The second-order valence-corrected chi connectivity index (χ2v) is 7.30. The Hall–Kier alpha value is -3.80. The number of pyridine rings is 2. The number of fused-ring (bicyclic) bond motifs is 2. The predicted octanol–water partition coefficient (Wildman–Crippen LogP) is 4.54. The van der Waals surface area contributed by atoms with Crippen LogP contribution in [0.5, 0.6) is 0 Å². The number of hydrogen-bond acceptors (Lipinski definition) is 4. The van der Waals surface area contributed by atoms with Crippen LogP contribution in [0.15, 0.2) is 54.7 Å². The molecular weight excluding hydrogens is 362 g/mol. The number of aryl methyl sites for hydroxylation is 2. The normalized spacial score (nSPS) is 11.4. The van der Waals surface area contributed by atoms with E-state index in [-0.39, 0.29) is 12.2 Å². The van der Waals surface area contributed by atoms with Crippen molar-refractivity contribution in [1.29, 1.82) is 0 Å². The van der Waals surface area contributed by atoms with Crippen molar-refractivity contribution in [3.8, 4) is 11.3 Å². The van der Waals surface area contributed by atoms with Crippen molar-refractivity contribution in [1.82, 2.24) is 25.1 Å². The number of carbonyl (C=O) groups excluding carboxylic acids is 1. The van der Waals surface area contributed by atoms with Crippen LogP contribution in [-0.2, 0) is 6.42 Å². The molecular formula is C23H19N5O. The van der Waals surface area contributed by atoms with Crippen molar-refractivity contribution in [3.63, 3.8) is 0 Å². The lowest BCUT2D eigenvalue weighted by molar-refractivity contribution is 0.0988. The number of rotatable bonds is 4. The third-order valence-electron chi connectivity index (χ3n) is 5.06. The molecule has 6 heteroatoms. The molecule has 0 unspecified atom stereocenters. The zero-order valence-electron chi connectivity index (χ0n) is 16.2. The van der Waals surface area contributed by atoms with Gasteiger partial charge in [-0.3, -0.25) is 19.9 Å². The van der Waals surface area contributed by atoms with Gasteiger partial charge in [0.2, 0.25) is 0 Å². The van der Waals surface area contributed by atoms with Gasteiger partial charge in [0.1, 0.15) is 5.69 Å². The number of H-pyrrole nitrogens is 2. The van der Waals surface area contributed by atoms with E-state index in [2.05, 4.69) is 31.2 Å². The van der Waals surface area contributed by atoms with Crippen LogP contribution < -0.4 is 0 Å². The van der Waals surface area contributed by atoms with Crippen LogP contribution >= 0.6 is 0 Å². The molecule has 0 saturated heterocycles. The maximum absolute atomic E-state index is 12.8. The van der Waals surface area contributed by atoms with E-state index in [1.165, 1.54) is 0 Å². The van der Waals surface area contributed by atoms with E-state index in [0.29, 0.717) is 5.69 Å². The Bertz CT molecular complexity index is 1380. The highest BCUT2D eigenvalue weighted by Gasteiger charge is 2.15. The summed E-state index contributed by atoms with van der Waals surface area (Å²) in [6, 6.07) is 15.7. The molecule has 5 rings (SSSR count). The summed E-state index contributed by atoms with van der Waals surface area (Å²) in [5, 5.41) is 9.58. The number of aromatic amines is 2. The minimum absolute atomic E-state index is 0.0195. The van der Waals surface area contributed by atoms with Crippen LogP contribution in [0.1, 0.15) is 27.6 Å². The number of carbonyl (C=O) groups is 1. The Morgan fingerprint density at radius 3 is 2.72 bits per heavy atom. The zero-order valence-corrected chi connectivity index (χ0v) is 16.2. The summed E-state index contributed by atoms with van der Waals surface area (Å²) in [5.74, 6) is 0.0195. The molecule has 0 radical (unpaired) electrons. The lowest BCUT2D eigenvalue weighted by Crippen LogP contribution is -2.05. The summed E-state index contributed by atoms with van der Waals surface area (Å²) in [6.07, 6.45) is 2.06. The molecule has 29 heavy (non-hydrogen) atoms. The summed E-state index contributed by atoms with van der Waals surface area (Å²) in [7, 11) is 0. The lowest BCUT2D eigenvalue weighted by atomic mass is 10.1. The highest BCUT2D eigenvalue weighted by molar-refractivity contribution is 6.05. The second-order valence-electron chi connectivity index (χ2n) is 7.30. The number of benzene rings is 1. The van der Waals surface area contributed by atoms with Crippen molar-refractivity contribution in [2.24, 2.45) is 0 Å². The van der Waals surface area contributed by atoms with Gasteiger partial charge in [-0.15, -0.1) is 0 Å². The Labute approximate surface area is 167 Å². The molecule has 4 aromatic heterocycles. The van der Waals surface area contributed by atoms with Gasteiger partial charge in [-0.25, -0.2) is 0 Å². The summed E-state index contributed by atoms with van der Waals surface area (Å²) >= 11 is 0. The third kappa shape index (κ3) is 3.18. The van der Waals surface area contributed by atoms with Gasteiger partial charge >= 0.3 is 0 Å². The van der Waals surface area contributed by atoms with E-state index in [4.69, 9.17) is 0 Å². The average molecular weight is 381 g/mol. The molecule has 0 bridgehead atoms. The molecule has 0 aliphatic rings. The molecule has 5 aromatic rings. The van der Waals surface area contributed by atoms with Crippen molar-refractivity contribution in [3.05, 3.63) is 77.5 Å². The maximum atomic E-state index is 12.8.